The van der Waals surface area contributed by atoms with Crippen molar-refractivity contribution in [1.82, 2.24) is 4.98 Å². The highest BCUT2D eigenvalue weighted by atomic mass is 16.1. The van der Waals surface area contributed by atoms with E-state index in [-0.39, 0.29) is 0 Å². The number of pyridine rings is 1. The predicted octanol–water partition coefficient (Wildman–Crippen LogP) is 1.81. The third-order valence-corrected chi connectivity index (χ3v) is 3.50. The van der Waals surface area contributed by atoms with E-state index in [0.717, 1.165) is 24.7 Å². The zero-order valence-electron chi connectivity index (χ0n) is 10.2. The fourth-order valence-corrected chi connectivity index (χ4v) is 2.47. The van der Waals surface area contributed by atoms with Crippen molar-refractivity contribution >= 4 is 11.6 Å². The summed E-state index contributed by atoms with van der Waals surface area (Å²) in [7, 11) is 0. The molecule has 0 radical (unpaired) electrons. The van der Waals surface area contributed by atoms with Gasteiger partial charge in [-0.25, -0.2) is 0 Å². The Morgan fingerprint density at radius 2 is 2.47 bits per heavy atom. The molecule has 0 spiro atoms. The Morgan fingerprint density at radius 3 is 3.18 bits per heavy atom. The van der Waals surface area contributed by atoms with Gasteiger partial charge in [0.2, 0.25) is 0 Å². The van der Waals surface area contributed by atoms with Crippen LogP contribution in [0.4, 0.5) is 5.69 Å². The van der Waals surface area contributed by atoms with Crippen molar-refractivity contribution in [3.05, 3.63) is 24.0 Å². The monoisotopic (exact) mass is 233 g/mol. The van der Waals surface area contributed by atoms with E-state index in [1.165, 1.54) is 19.3 Å². The van der Waals surface area contributed by atoms with Gasteiger partial charge >= 0.3 is 0 Å². The van der Waals surface area contributed by atoms with Gasteiger partial charge in [0.25, 0.3) is 5.91 Å². The molecule has 1 fully saturated rings. The molecular formula is C13H19N3O. The number of anilines is 1. The molecule has 1 aliphatic heterocycles. The maximum absolute atomic E-state index is 11.4. The Labute approximate surface area is 102 Å². The van der Waals surface area contributed by atoms with Gasteiger partial charge in [0.1, 0.15) is 0 Å². The van der Waals surface area contributed by atoms with Gasteiger partial charge < -0.3 is 10.6 Å². The number of aromatic nitrogens is 1. The molecule has 4 heteroatoms. The predicted molar refractivity (Wildman–Crippen MR) is 68.0 cm³/mol. The minimum absolute atomic E-state index is 0.397. The van der Waals surface area contributed by atoms with Gasteiger partial charge in [-0.15, -0.1) is 0 Å². The maximum atomic E-state index is 11.4. The maximum Gasteiger partial charge on any atom is 0.252 e. The molecule has 2 heterocycles. The zero-order valence-corrected chi connectivity index (χ0v) is 10.2. The summed E-state index contributed by atoms with van der Waals surface area (Å²) in [6.45, 7) is 4.23. The van der Waals surface area contributed by atoms with Crippen molar-refractivity contribution in [2.75, 3.05) is 18.0 Å². The quantitative estimate of drug-likeness (QED) is 0.866. The molecule has 0 aromatic carbocycles. The van der Waals surface area contributed by atoms with E-state index < -0.39 is 5.91 Å². The normalized spacial score (nSPS) is 20.3. The fourth-order valence-electron chi connectivity index (χ4n) is 2.47. The Balaban J connectivity index is 2.24. The number of hydrogen-bond acceptors (Lipinski definition) is 3. The SMILES string of the molecule is CCC1CCCN(c2ccncc2C(N)=O)C1. The van der Waals surface area contributed by atoms with E-state index in [1.54, 1.807) is 12.4 Å². The standard InChI is InChI=1S/C13H19N3O/c1-2-10-4-3-7-16(9-10)12-5-6-15-8-11(12)13(14)17/h5-6,8,10H,2-4,7,9H2,1H3,(H2,14,17). The first kappa shape index (κ1) is 11.9. The fraction of sp³-hybridized carbons (Fsp3) is 0.538. The number of carbonyl (C=O) groups is 1. The molecule has 4 nitrogen and oxygen atoms in total. The van der Waals surface area contributed by atoms with E-state index in [1.807, 2.05) is 6.07 Å². The molecule has 1 amide bonds. The summed E-state index contributed by atoms with van der Waals surface area (Å²) in [5.74, 6) is 0.323. The Kier molecular flexibility index (Phi) is 3.61. The van der Waals surface area contributed by atoms with Crippen molar-refractivity contribution in [2.45, 2.75) is 26.2 Å². The highest BCUT2D eigenvalue weighted by molar-refractivity contribution is 5.98. The Hall–Kier alpha value is -1.58. The number of carbonyl (C=O) groups excluding carboxylic acids is 1. The van der Waals surface area contributed by atoms with Crippen molar-refractivity contribution in [1.29, 1.82) is 0 Å². The van der Waals surface area contributed by atoms with Gasteiger partial charge in [0, 0.05) is 25.5 Å². The zero-order chi connectivity index (χ0) is 12.3. The third-order valence-electron chi connectivity index (χ3n) is 3.50. The summed E-state index contributed by atoms with van der Waals surface area (Å²) in [5, 5.41) is 0. The summed E-state index contributed by atoms with van der Waals surface area (Å²) >= 11 is 0. The molecule has 1 saturated heterocycles. The highest BCUT2D eigenvalue weighted by Gasteiger charge is 2.21. The van der Waals surface area contributed by atoms with Crippen LogP contribution in [0.1, 0.15) is 36.5 Å². The van der Waals surface area contributed by atoms with Crippen molar-refractivity contribution in [3.8, 4) is 0 Å². The minimum Gasteiger partial charge on any atom is -0.371 e. The van der Waals surface area contributed by atoms with Crippen LogP contribution in [0.2, 0.25) is 0 Å². The van der Waals surface area contributed by atoms with Crippen LogP contribution < -0.4 is 10.6 Å². The molecule has 1 atom stereocenters. The number of amides is 1. The van der Waals surface area contributed by atoms with Gasteiger partial charge in [-0.1, -0.05) is 13.3 Å². The lowest BCUT2D eigenvalue weighted by Crippen LogP contribution is -2.36. The molecule has 2 rings (SSSR count). The van der Waals surface area contributed by atoms with Crippen LogP contribution in [0.25, 0.3) is 0 Å². The number of rotatable bonds is 3. The van der Waals surface area contributed by atoms with E-state index in [9.17, 15) is 4.79 Å². The summed E-state index contributed by atoms with van der Waals surface area (Å²) in [6, 6.07) is 1.89. The molecule has 0 bridgehead atoms. The summed E-state index contributed by atoms with van der Waals surface area (Å²) < 4.78 is 0. The highest BCUT2D eigenvalue weighted by Crippen LogP contribution is 2.26. The molecule has 17 heavy (non-hydrogen) atoms. The first-order valence-corrected chi connectivity index (χ1v) is 6.21. The number of hydrogen-bond donors (Lipinski definition) is 1. The van der Waals surface area contributed by atoms with Crippen LogP contribution >= 0.6 is 0 Å². The van der Waals surface area contributed by atoms with Crippen LogP contribution in [0.15, 0.2) is 18.5 Å². The van der Waals surface area contributed by atoms with E-state index in [0.29, 0.717) is 5.56 Å². The molecule has 92 valence electrons. The van der Waals surface area contributed by atoms with E-state index >= 15 is 0 Å². The minimum atomic E-state index is -0.397. The van der Waals surface area contributed by atoms with Gasteiger partial charge in [-0.3, -0.25) is 9.78 Å². The first-order valence-electron chi connectivity index (χ1n) is 6.21. The van der Waals surface area contributed by atoms with Crippen molar-refractivity contribution < 1.29 is 4.79 Å². The lowest BCUT2D eigenvalue weighted by molar-refractivity contribution is 0.100. The smallest absolute Gasteiger partial charge is 0.252 e. The number of piperidine rings is 1. The van der Waals surface area contributed by atoms with Crippen molar-refractivity contribution in [2.24, 2.45) is 11.7 Å². The molecule has 2 N–H and O–H groups in total. The van der Waals surface area contributed by atoms with Crippen LogP contribution in [-0.2, 0) is 0 Å². The average molecular weight is 233 g/mol. The molecule has 1 unspecified atom stereocenters. The van der Waals surface area contributed by atoms with Crippen LogP contribution in [0, 0.1) is 5.92 Å². The second-order valence-corrected chi connectivity index (χ2v) is 4.62. The Morgan fingerprint density at radius 1 is 1.65 bits per heavy atom. The van der Waals surface area contributed by atoms with Crippen LogP contribution in [0.5, 0.6) is 0 Å². The summed E-state index contributed by atoms with van der Waals surface area (Å²) in [5.41, 5.74) is 6.85. The molecule has 1 aromatic heterocycles. The van der Waals surface area contributed by atoms with Gasteiger partial charge in [-0.05, 0) is 24.8 Å². The summed E-state index contributed by atoms with van der Waals surface area (Å²) in [4.78, 5) is 17.6. The lowest BCUT2D eigenvalue weighted by atomic mass is 9.95. The third kappa shape index (κ3) is 2.57. The molecular weight excluding hydrogens is 214 g/mol. The number of primary amides is 1. The van der Waals surface area contributed by atoms with E-state index in [4.69, 9.17) is 5.73 Å². The van der Waals surface area contributed by atoms with Gasteiger partial charge in [0.15, 0.2) is 0 Å². The van der Waals surface area contributed by atoms with Gasteiger partial charge in [-0.2, -0.15) is 0 Å². The average Bonchev–Trinajstić information content (AvgIpc) is 2.39. The summed E-state index contributed by atoms with van der Waals surface area (Å²) in [6.07, 6.45) is 6.93. The lowest BCUT2D eigenvalue weighted by Gasteiger charge is -2.34. The molecule has 1 aliphatic rings. The Bertz CT molecular complexity index is 405. The first-order chi connectivity index (χ1) is 8.22. The van der Waals surface area contributed by atoms with Crippen LogP contribution in [-0.4, -0.2) is 24.0 Å². The van der Waals surface area contributed by atoms with Crippen LogP contribution in [0.3, 0.4) is 0 Å². The second kappa shape index (κ2) is 5.17. The molecule has 0 aliphatic carbocycles. The second-order valence-electron chi connectivity index (χ2n) is 4.62. The topological polar surface area (TPSA) is 59.2 Å². The largest absolute Gasteiger partial charge is 0.371 e. The van der Waals surface area contributed by atoms with Gasteiger partial charge in [0.05, 0.1) is 11.3 Å². The molecule has 0 saturated carbocycles. The molecule has 1 aromatic rings. The van der Waals surface area contributed by atoms with E-state index in [2.05, 4.69) is 16.8 Å². The number of nitrogens with zero attached hydrogens (tertiary/aromatic N) is 2. The van der Waals surface area contributed by atoms with Crippen molar-refractivity contribution in [3.63, 3.8) is 0 Å². The number of nitrogens with two attached hydrogens (primary N) is 1.